The molecular formula is C11H17N. The molecule has 1 nitrogen and oxygen atoms in total. The highest BCUT2D eigenvalue weighted by Gasteiger charge is 1.96. The smallest absolute Gasteiger partial charge is 0.0463 e. The summed E-state index contributed by atoms with van der Waals surface area (Å²) in [6.07, 6.45) is 6.41. The van der Waals surface area contributed by atoms with Gasteiger partial charge in [0.25, 0.3) is 0 Å². The second-order valence-corrected chi connectivity index (χ2v) is 3.02. The summed E-state index contributed by atoms with van der Waals surface area (Å²) in [5.41, 5.74) is 1.09. The molecule has 0 saturated heterocycles. The monoisotopic (exact) mass is 163 g/mol. The van der Waals surface area contributed by atoms with Crippen LogP contribution in [0.1, 0.15) is 27.2 Å². The molecule has 0 spiro atoms. The van der Waals surface area contributed by atoms with Crippen molar-refractivity contribution in [2.24, 2.45) is 10.9 Å². The van der Waals surface area contributed by atoms with Crippen molar-refractivity contribution < 1.29 is 0 Å². The van der Waals surface area contributed by atoms with E-state index in [-0.39, 0.29) is 0 Å². The Hall–Kier alpha value is -1.07. The molecule has 0 heterocycles. The number of rotatable bonds is 4. The van der Waals surface area contributed by atoms with Crippen LogP contribution in [0.4, 0.5) is 0 Å². The van der Waals surface area contributed by atoms with Crippen LogP contribution in [0.25, 0.3) is 0 Å². The van der Waals surface area contributed by atoms with E-state index >= 15 is 0 Å². The van der Waals surface area contributed by atoms with Crippen molar-refractivity contribution >= 4 is 5.87 Å². The first-order chi connectivity index (χ1) is 5.70. The Bertz CT molecular complexity index is 215. The standard InChI is InChI=1S/C11H17N/c1-5-7-8-12-11(6-2)9-10(3)4/h5-7,10H,1,9H2,2-4H3/b11-6-. The van der Waals surface area contributed by atoms with E-state index in [0.717, 1.165) is 12.1 Å². The minimum Gasteiger partial charge on any atom is -0.211 e. The minimum atomic E-state index is 0.644. The lowest BCUT2D eigenvalue weighted by atomic mass is 10.1. The van der Waals surface area contributed by atoms with E-state index < -0.39 is 0 Å². The first-order valence-electron chi connectivity index (χ1n) is 4.26. The van der Waals surface area contributed by atoms with Crippen LogP contribution in [-0.2, 0) is 0 Å². The van der Waals surface area contributed by atoms with Crippen LogP contribution in [0.5, 0.6) is 0 Å². The molecule has 0 rings (SSSR count). The second kappa shape index (κ2) is 6.63. The lowest BCUT2D eigenvalue weighted by Crippen LogP contribution is -1.88. The highest BCUT2D eigenvalue weighted by atomic mass is 14.7. The molecule has 0 saturated carbocycles. The van der Waals surface area contributed by atoms with Gasteiger partial charge in [-0.1, -0.05) is 32.6 Å². The van der Waals surface area contributed by atoms with Gasteiger partial charge in [-0.3, -0.25) is 0 Å². The molecule has 0 aromatic rings. The van der Waals surface area contributed by atoms with Gasteiger partial charge in [-0.15, -0.1) is 0 Å². The summed E-state index contributed by atoms with van der Waals surface area (Å²) >= 11 is 0. The molecule has 0 unspecified atom stereocenters. The molecule has 0 bridgehead atoms. The van der Waals surface area contributed by atoms with Gasteiger partial charge in [0.2, 0.25) is 0 Å². The third-order valence-corrected chi connectivity index (χ3v) is 1.35. The number of hydrogen-bond acceptors (Lipinski definition) is 1. The van der Waals surface area contributed by atoms with Gasteiger partial charge in [-0.25, -0.2) is 4.99 Å². The van der Waals surface area contributed by atoms with Crippen molar-refractivity contribution in [1.29, 1.82) is 0 Å². The molecule has 12 heavy (non-hydrogen) atoms. The van der Waals surface area contributed by atoms with E-state index in [0.29, 0.717) is 5.92 Å². The maximum absolute atomic E-state index is 4.16. The number of hydrogen-bond donors (Lipinski definition) is 0. The van der Waals surface area contributed by atoms with E-state index in [1.807, 2.05) is 13.0 Å². The van der Waals surface area contributed by atoms with Gasteiger partial charge in [0, 0.05) is 5.70 Å². The molecule has 0 N–H and O–H groups in total. The highest BCUT2D eigenvalue weighted by Crippen LogP contribution is 2.10. The molecule has 0 aliphatic rings. The summed E-state index contributed by atoms with van der Waals surface area (Å²) < 4.78 is 0. The summed E-state index contributed by atoms with van der Waals surface area (Å²) in [5.74, 6) is 3.45. The van der Waals surface area contributed by atoms with Crippen LogP contribution in [0.15, 0.2) is 35.5 Å². The first-order valence-corrected chi connectivity index (χ1v) is 4.26. The van der Waals surface area contributed by atoms with Gasteiger partial charge < -0.3 is 0 Å². The Morgan fingerprint density at radius 3 is 2.67 bits per heavy atom. The quantitative estimate of drug-likeness (QED) is 0.445. The van der Waals surface area contributed by atoms with Crippen LogP contribution >= 0.6 is 0 Å². The van der Waals surface area contributed by atoms with E-state index in [9.17, 15) is 0 Å². The molecule has 1 heteroatoms. The Morgan fingerprint density at radius 1 is 1.58 bits per heavy atom. The number of nitrogens with zero attached hydrogens (tertiary/aromatic N) is 1. The second-order valence-electron chi connectivity index (χ2n) is 3.02. The van der Waals surface area contributed by atoms with Gasteiger partial charge in [0.1, 0.15) is 0 Å². The van der Waals surface area contributed by atoms with Gasteiger partial charge in [0.05, 0.1) is 0 Å². The average molecular weight is 163 g/mol. The fourth-order valence-electron chi connectivity index (χ4n) is 0.819. The fraction of sp³-hybridized carbons (Fsp3) is 0.455. The van der Waals surface area contributed by atoms with Crippen molar-refractivity contribution in [3.05, 3.63) is 30.5 Å². The van der Waals surface area contributed by atoms with Crippen molar-refractivity contribution in [1.82, 2.24) is 0 Å². The third kappa shape index (κ3) is 5.70. The zero-order valence-corrected chi connectivity index (χ0v) is 8.17. The molecular weight excluding hydrogens is 146 g/mol. The van der Waals surface area contributed by atoms with Crippen molar-refractivity contribution in [3.8, 4) is 0 Å². The van der Waals surface area contributed by atoms with Crippen molar-refractivity contribution in [3.63, 3.8) is 0 Å². The minimum absolute atomic E-state index is 0.644. The average Bonchev–Trinajstić information content (AvgIpc) is 2.02. The maximum Gasteiger partial charge on any atom is 0.0463 e. The van der Waals surface area contributed by atoms with Gasteiger partial charge in [0.15, 0.2) is 0 Å². The van der Waals surface area contributed by atoms with Crippen LogP contribution in [0.3, 0.4) is 0 Å². The zero-order chi connectivity index (χ0) is 9.40. The Kier molecular flexibility index (Phi) is 6.04. The largest absolute Gasteiger partial charge is 0.211 e. The Morgan fingerprint density at radius 2 is 2.25 bits per heavy atom. The third-order valence-electron chi connectivity index (χ3n) is 1.35. The summed E-state index contributed by atoms with van der Waals surface area (Å²) in [4.78, 5) is 4.16. The molecule has 0 radical (unpaired) electrons. The normalized spacial score (nSPS) is 10.8. The topological polar surface area (TPSA) is 12.4 Å². The molecule has 0 atom stereocenters. The van der Waals surface area contributed by atoms with Crippen molar-refractivity contribution in [2.75, 3.05) is 0 Å². The van der Waals surface area contributed by atoms with Gasteiger partial charge in [-0.2, -0.15) is 0 Å². The Labute approximate surface area is 75.2 Å². The molecule has 0 fully saturated rings. The van der Waals surface area contributed by atoms with Crippen LogP contribution in [-0.4, -0.2) is 5.87 Å². The molecule has 0 aliphatic carbocycles. The predicted molar refractivity (Wildman–Crippen MR) is 55.4 cm³/mol. The summed E-state index contributed by atoms with van der Waals surface area (Å²) in [6, 6.07) is 0. The molecule has 0 aromatic carbocycles. The summed E-state index contributed by atoms with van der Waals surface area (Å²) in [7, 11) is 0. The van der Waals surface area contributed by atoms with Crippen LogP contribution < -0.4 is 0 Å². The van der Waals surface area contributed by atoms with E-state index in [1.165, 1.54) is 0 Å². The number of aliphatic imine (C=N–C) groups is 1. The number of allylic oxidation sites excluding steroid dienone is 4. The molecule has 66 valence electrons. The molecule has 0 amide bonds. The van der Waals surface area contributed by atoms with Crippen LogP contribution in [0.2, 0.25) is 0 Å². The first kappa shape index (κ1) is 10.9. The molecule has 0 aromatic heterocycles. The summed E-state index contributed by atoms with van der Waals surface area (Å²) in [6.45, 7) is 9.90. The summed E-state index contributed by atoms with van der Waals surface area (Å²) in [5, 5.41) is 0. The van der Waals surface area contributed by atoms with E-state index in [1.54, 1.807) is 12.2 Å². The van der Waals surface area contributed by atoms with Crippen LogP contribution in [0, 0.1) is 5.92 Å². The van der Waals surface area contributed by atoms with Gasteiger partial charge in [-0.05, 0) is 31.2 Å². The molecule has 0 aliphatic heterocycles. The lowest BCUT2D eigenvalue weighted by molar-refractivity contribution is 0.638. The van der Waals surface area contributed by atoms with E-state index in [4.69, 9.17) is 0 Å². The van der Waals surface area contributed by atoms with Crippen molar-refractivity contribution in [2.45, 2.75) is 27.2 Å². The Balaban J connectivity index is 4.20. The lowest BCUT2D eigenvalue weighted by Gasteiger charge is -2.01. The zero-order valence-electron chi connectivity index (χ0n) is 8.17. The highest BCUT2D eigenvalue weighted by molar-refractivity contribution is 5.56. The van der Waals surface area contributed by atoms with E-state index in [2.05, 4.69) is 31.3 Å². The predicted octanol–water partition coefficient (Wildman–Crippen LogP) is 3.35. The fourth-order valence-corrected chi connectivity index (χ4v) is 0.819. The SMILES string of the molecule is C=CC=C=N/C(=C\C)CC(C)C. The van der Waals surface area contributed by atoms with Gasteiger partial charge >= 0.3 is 0 Å². The maximum atomic E-state index is 4.16.